The molecule has 23 heavy (non-hydrogen) atoms. The maximum atomic E-state index is 13.9. The van der Waals surface area contributed by atoms with Crippen LogP contribution in [-0.4, -0.2) is 15.2 Å². The molecule has 4 heteroatoms. The Morgan fingerprint density at radius 2 is 1.87 bits per heavy atom. The molecule has 0 saturated carbocycles. The number of aromatic amines is 1. The average molecular weight is 303 g/mol. The first-order valence-electron chi connectivity index (χ1n) is 7.37. The van der Waals surface area contributed by atoms with Crippen molar-refractivity contribution >= 4 is 10.9 Å². The van der Waals surface area contributed by atoms with Crippen molar-refractivity contribution in [2.75, 3.05) is 0 Å². The van der Waals surface area contributed by atoms with Crippen LogP contribution in [0.4, 0.5) is 4.39 Å². The van der Waals surface area contributed by atoms with E-state index in [9.17, 15) is 4.39 Å². The summed E-state index contributed by atoms with van der Waals surface area (Å²) in [6.45, 7) is 1.76. The molecule has 2 heterocycles. The van der Waals surface area contributed by atoms with Crippen LogP contribution in [0.5, 0.6) is 0 Å². The summed E-state index contributed by atoms with van der Waals surface area (Å²) in [6, 6.07) is 15.2. The molecule has 4 rings (SSSR count). The molecule has 112 valence electrons. The number of nitrogens with zero attached hydrogens (tertiary/aromatic N) is 2. The van der Waals surface area contributed by atoms with E-state index >= 15 is 0 Å². The Bertz CT molecular complexity index is 1000. The highest BCUT2D eigenvalue weighted by molar-refractivity contribution is 5.88. The summed E-state index contributed by atoms with van der Waals surface area (Å²) in [5.41, 5.74) is 5.17. The van der Waals surface area contributed by atoms with Crippen LogP contribution in [0.25, 0.3) is 33.3 Å². The first-order chi connectivity index (χ1) is 11.2. The Balaban J connectivity index is 1.90. The fourth-order valence-corrected chi connectivity index (χ4v) is 2.72. The van der Waals surface area contributed by atoms with Crippen molar-refractivity contribution in [1.29, 1.82) is 0 Å². The molecule has 0 bridgehead atoms. The van der Waals surface area contributed by atoms with Crippen molar-refractivity contribution in [2.24, 2.45) is 0 Å². The second-order valence-corrected chi connectivity index (χ2v) is 5.54. The van der Waals surface area contributed by atoms with E-state index in [1.54, 1.807) is 25.4 Å². The third-order valence-electron chi connectivity index (χ3n) is 4.00. The van der Waals surface area contributed by atoms with E-state index in [1.807, 2.05) is 30.3 Å². The quantitative estimate of drug-likeness (QED) is 0.581. The van der Waals surface area contributed by atoms with E-state index in [2.05, 4.69) is 21.2 Å². The van der Waals surface area contributed by atoms with Gasteiger partial charge in [-0.25, -0.2) is 4.39 Å². The largest absolute Gasteiger partial charge is 0.278 e. The molecular weight excluding hydrogens is 289 g/mol. The van der Waals surface area contributed by atoms with E-state index < -0.39 is 0 Å². The van der Waals surface area contributed by atoms with Crippen molar-refractivity contribution in [3.63, 3.8) is 0 Å². The Morgan fingerprint density at radius 1 is 1.00 bits per heavy atom. The van der Waals surface area contributed by atoms with Crippen LogP contribution in [0.15, 0.2) is 60.9 Å². The zero-order valence-corrected chi connectivity index (χ0v) is 12.5. The summed E-state index contributed by atoms with van der Waals surface area (Å²) in [5, 5.41) is 8.03. The van der Waals surface area contributed by atoms with Crippen molar-refractivity contribution < 1.29 is 4.39 Å². The minimum absolute atomic E-state index is 0.218. The first-order valence-corrected chi connectivity index (χ1v) is 7.37. The Morgan fingerprint density at radius 3 is 2.74 bits per heavy atom. The van der Waals surface area contributed by atoms with E-state index in [0.717, 1.165) is 33.3 Å². The van der Waals surface area contributed by atoms with E-state index in [1.165, 1.54) is 6.07 Å². The molecule has 0 aliphatic rings. The van der Waals surface area contributed by atoms with Gasteiger partial charge in [-0.3, -0.25) is 10.1 Å². The van der Waals surface area contributed by atoms with Crippen molar-refractivity contribution in [2.45, 2.75) is 6.92 Å². The fourth-order valence-electron chi connectivity index (χ4n) is 2.72. The Labute approximate surface area is 132 Å². The normalized spacial score (nSPS) is 11.0. The number of rotatable bonds is 2. The van der Waals surface area contributed by atoms with Gasteiger partial charge in [-0.05, 0) is 42.3 Å². The second-order valence-electron chi connectivity index (χ2n) is 5.54. The fraction of sp³-hybridized carbons (Fsp3) is 0.0526. The first kappa shape index (κ1) is 13.6. The van der Waals surface area contributed by atoms with Gasteiger partial charge in [-0.15, -0.1) is 0 Å². The Kier molecular flexibility index (Phi) is 3.15. The number of fused-ring (bicyclic) bond motifs is 1. The lowest BCUT2D eigenvalue weighted by Crippen LogP contribution is -1.91. The number of hydrogen-bond acceptors (Lipinski definition) is 2. The topological polar surface area (TPSA) is 41.6 Å². The van der Waals surface area contributed by atoms with Gasteiger partial charge in [0.25, 0.3) is 0 Å². The smallest absolute Gasteiger partial charge is 0.126 e. The third kappa shape index (κ3) is 2.38. The van der Waals surface area contributed by atoms with Gasteiger partial charge < -0.3 is 0 Å². The van der Waals surface area contributed by atoms with Crippen LogP contribution in [0, 0.1) is 12.7 Å². The summed E-state index contributed by atoms with van der Waals surface area (Å²) in [7, 11) is 0. The minimum atomic E-state index is -0.218. The lowest BCUT2D eigenvalue weighted by molar-refractivity contribution is 0.619. The monoisotopic (exact) mass is 303 g/mol. The van der Waals surface area contributed by atoms with Crippen LogP contribution in [0.1, 0.15) is 5.56 Å². The summed E-state index contributed by atoms with van der Waals surface area (Å²) in [4.78, 5) is 4.47. The highest BCUT2D eigenvalue weighted by Gasteiger charge is 2.11. The third-order valence-corrected chi connectivity index (χ3v) is 4.00. The summed E-state index contributed by atoms with van der Waals surface area (Å²) in [6.07, 6.45) is 3.52. The molecule has 1 N–H and O–H groups in total. The summed E-state index contributed by atoms with van der Waals surface area (Å²) < 4.78 is 13.9. The predicted octanol–water partition coefficient (Wildman–Crippen LogP) is 4.74. The molecule has 0 aliphatic carbocycles. The van der Waals surface area contributed by atoms with Crippen molar-refractivity contribution in [3.05, 3.63) is 72.3 Å². The number of pyridine rings is 1. The van der Waals surface area contributed by atoms with Crippen LogP contribution in [0.2, 0.25) is 0 Å². The summed E-state index contributed by atoms with van der Waals surface area (Å²) >= 11 is 0. The molecule has 2 aromatic carbocycles. The molecule has 4 aromatic rings. The molecule has 0 atom stereocenters. The molecule has 0 unspecified atom stereocenters. The number of aromatic nitrogens is 3. The standard InChI is InChI=1S/C19H14FN3/c1-12-4-5-14(10-17(12)20)19-16(3-2-8-21-19)13-6-7-18-15(9-13)11-22-23-18/h2-11H,1H3,(H,22,23). The summed E-state index contributed by atoms with van der Waals surface area (Å²) in [5.74, 6) is -0.218. The lowest BCUT2D eigenvalue weighted by Gasteiger charge is -2.10. The minimum Gasteiger partial charge on any atom is -0.278 e. The highest BCUT2D eigenvalue weighted by atomic mass is 19.1. The van der Waals surface area contributed by atoms with E-state index in [4.69, 9.17) is 0 Å². The number of benzene rings is 2. The molecule has 0 spiro atoms. The molecule has 0 saturated heterocycles. The zero-order chi connectivity index (χ0) is 15.8. The van der Waals surface area contributed by atoms with Gasteiger partial charge in [0, 0.05) is 22.7 Å². The zero-order valence-electron chi connectivity index (χ0n) is 12.5. The van der Waals surface area contributed by atoms with E-state index in [-0.39, 0.29) is 5.82 Å². The van der Waals surface area contributed by atoms with Gasteiger partial charge in [0.15, 0.2) is 0 Å². The average Bonchev–Trinajstić information content (AvgIpc) is 3.05. The number of halogens is 1. The van der Waals surface area contributed by atoms with Crippen molar-refractivity contribution in [1.82, 2.24) is 15.2 Å². The SMILES string of the molecule is Cc1ccc(-c2ncccc2-c2ccc3[nH]ncc3c2)cc1F. The van der Waals surface area contributed by atoms with E-state index in [0.29, 0.717) is 5.56 Å². The maximum Gasteiger partial charge on any atom is 0.126 e. The molecule has 3 nitrogen and oxygen atoms in total. The van der Waals surface area contributed by atoms with Crippen LogP contribution in [0.3, 0.4) is 0 Å². The van der Waals surface area contributed by atoms with Gasteiger partial charge in [0.2, 0.25) is 0 Å². The van der Waals surface area contributed by atoms with Crippen LogP contribution in [-0.2, 0) is 0 Å². The van der Waals surface area contributed by atoms with Gasteiger partial charge >= 0.3 is 0 Å². The number of nitrogens with one attached hydrogen (secondary N) is 1. The predicted molar refractivity (Wildman–Crippen MR) is 89.5 cm³/mol. The molecule has 0 amide bonds. The molecule has 0 aliphatic heterocycles. The number of aryl methyl sites for hydroxylation is 1. The van der Waals surface area contributed by atoms with Gasteiger partial charge in [0.1, 0.15) is 5.82 Å². The molecular formula is C19H14FN3. The van der Waals surface area contributed by atoms with Crippen LogP contribution >= 0.6 is 0 Å². The maximum absolute atomic E-state index is 13.9. The van der Waals surface area contributed by atoms with Crippen molar-refractivity contribution in [3.8, 4) is 22.4 Å². The van der Waals surface area contributed by atoms with Crippen LogP contribution < -0.4 is 0 Å². The lowest BCUT2D eigenvalue weighted by atomic mass is 9.98. The Hall–Kier alpha value is -3.01. The second kappa shape index (κ2) is 5.32. The number of H-pyrrole nitrogens is 1. The van der Waals surface area contributed by atoms with Gasteiger partial charge in [-0.1, -0.05) is 24.3 Å². The highest BCUT2D eigenvalue weighted by Crippen LogP contribution is 2.32. The van der Waals surface area contributed by atoms with Gasteiger partial charge in [-0.2, -0.15) is 5.10 Å². The molecule has 2 aromatic heterocycles. The molecule has 0 fully saturated rings. The molecule has 0 radical (unpaired) electrons. The van der Waals surface area contributed by atoms with Gasteiger partial charge in [0.05, 0.1) is 17.4 Å². The number of hydrogen-bond donors (Lipinski definition) is 1.